The molecule has 0 amide bonds. The number of nitrogens with zero attached hydrogens (tertiary/aromatic N) is 1. The normalized spacial score (nSPS) is 21.8. The number of thioether (sulfide) groups is 1. The molecule has 0 aliphatic carbocycles. The molecule has 1 fully saturated rings. The van der Waals surface area contributed by atoms with Gasteiger partial charge in [-0.05, 0) is 36.8 Å². The summed E-state index contributed by atoms with van der Waals surface area (Å²) in [6.45, 7) is 1.89. The quantitative estimate of drug-likeness (QED) is 0.659. The lowest BCUT2D eigenvalue weighted by Crippen LogP contribution is -2.41. The summed E-state index contributed by atoms with van der Waals surface area (Å²) in [5.74, 6) is 0. The first-order valence-electron chi connectivity index (χ1n) is 7.57. The van der Waals surface area contributed by atoms with E-state index in [-0.39, 0.29) is 0 Å². The summed E-state index contributed by atoms with van der Waals surface area (Å²) in [5.41, 5.74) is 6.59. The van der Waals surface area contributed by atoms with Crippen LogP contribution in [0.25, 0.3) is 0 Å². The Morgan fingerprint density at radius 2 is 1.88 bits per heavy atom. The van der Waals surface area contributed by atoms with E-state index in [0.717, 1.165) is 6.07 Å². The number of hydrazine groups is 1. The van der Waals surface area contributed by atoms with Crippen LogP contribution in [0.1, 0.15) is 18.1 Å². The monoisotopic (exact) mass is 419 g/mol. The van der Waals surface area contributed by atoms with Crippen LogP contribution in [0.2, 0.25) is 10.0 Å². The van der Waals surface area contributed by atoms with Gasteiger partial charge in [0, 0.05) is 6.42 Å². The topological polar surface area (TPSA) is 36.4 Å². The lowest BCUT2D eigenvalue weighted by molar-refractivity contribution is -0.137. The van der Waals surface area contributed by atoms with Crippen LogP contribution in [0, 0.1) is 0 Å². The number of amidine groups is 1. The molecule has 1 aliphatic heterocycles. The van der Waals surface area contributed by atoms with Crippen molar-refractivity contribution in [2.75, 3.05) is 0 Å². The zero-order valence-electron chi connectivity index (χ0n) is 13.5. The summed E-state index contributed by atoms with van der Waals surface area (Å²) in [6.07, 6.45) is -3.97. The number of nitrogens with one attached hydrogen (secondary N) is 2. The van der Waals surface area contributed by atoms with Gasteiger partial charge in [-0.3, -0.25) is 5.43 Å². The Labute approximate surface area is 162 Å². The second-order valence-electron chi connectivity index (χ2n) is 5.97. The molecule has 2 aromatic rings. The van der Waals surface area contributed by atoms with Crippen molar-refractivity contribution in [1.29, 1.82) is 0 Å². The van der Waals surface area contributed by atoms with Crippen LogP contribution in [-0.4, -0.2) is 10.0 Å². The van der Waals surface area contributed by atoms with E-state index >= 15 is 0 Å². The van der Waals surface area contributed by atoms with Crippen molar-refractivity contribution in [2.45, 2.75) is 24.4 Å². The van der Waals surface area contributed by atoms with Crippen molar-refractivity contribution < 1.29 is 13.2 Å². The van der Waals surface area contributed by atoms with E-state index in [4.69, 9.17) is 23.2 Å². The summed E-state index contributed by atoms with van der Waals surface area (Å²) >= 11 is 13.3. The Morgan fingerprint density at radius 3 is 2.58 bits per heavy atom. The third-order valence-corrected chi connectivity index (χ3v) is 5.51. The van der Waals surface area contributed by atoms with E-state index < -0.39 is 16.6 Å². The van der Waals surface area contributed by atoms with Crippen molar-refractivity contribution >= 4 is 45.8 Å². The number of hydrogen-bond acceptors (Lipinski definition) is 3. The molecule has 1 unspecified atom stereocenters. The number of hydrogen-bond donors (Lipinski definition) is 2. The SMILES string of the molecule is CC1(Cc2cccc(C(F)(F)F)c2)NNC(=Nc2ccc(Cl)c(Cl)c2)S1. The third kappa shape index (κ3) is 4.65. The summed E-state index contributed by atoms with van der Waals surface area (Å²) in [4.78, 5) is 3.89. The number of rotatable bonds is 3. The molecular formula is C17H14Cl2F3N3S. The molecule has 3 nitrogen and oxygen atoms in total. The number of aliphatic imine (C=N–C) groups is 1. The highest BCUT2D eigenvalue weighted by atomic mass is 35.5. The van der Waals surface area contributed by atoms with Crippen LogP contribution in [0.15, 0.2) is 47.5 Å². The Morgan fingerprint density at radius 1 is 1.12 bits per heavy atom. The smallest absolute Gasteiger partial charge is 0.299 e. The number of alkyl halides is 3. The molecule has 9 heteroatoms. The molecule has 0 spiro atoms. The average Bonchev–Trinajstić information content (AvgIpc) is 2.91. The van der Waals surface area contributed by atoms with E-state index in [2.05, 4.69) is 15.8 Å². The molecule has 1 aliphatic rings. The van der Waals surface area contributed by atoms with Crippen molar-refractivity contribution in [3.63, 3.8) is 0 Å². The van der Waals surface area contributed by atoms with Crippen LogP contribution in [0.5, 0.6) is 0 Å². The van der Waals surface area contributed by atoms with Gasteiger partial charge in [0.05, 0.1) is 26.2 Å². The average molecular weight is 420 g/mol. The maximum atomic E-state index is 12.9. The van der Waals surface area contributed by atoms with Crippen LogP contribution in [-0.2, 0) is 12.6 Å². The van der Waals surface area contributed by atoms with E-state index in [1.807, 2.05) is 6.92 Å². The second-order valence-corrected chi connectivity index (χ2v) is 8.28. The van der Waals surface area contributed by atoms with Gasteiger partial charge in [0.2, 0.25) is 0 Å². The maximum Gasteiger partial charge on any atom is 0.416 e. The Bertz CT molecular complexity index is 857. The standard InChI is InChI=1S/C17H14Cl2F3N3S/c1-16(9-10-3-2-4-11(7-10)17(20,21)22)25-24-15(26-16)23-12-5-6-13(18)14(19)8-12/h2-8,25H,9H2,1H3,(H,23,24). The van der Waals surface area contributed by atoms with Gasteiger partial charge in [-0.25, -0.2) is 10.4 Å². The van der Waals surface area contributed by atoms with Gasteiger partial charge in [0.25, 0.3) is 0 Å². The predicted octanol–water partition coefficient (Wildman–Crippen LogP) is 5.80. The van der Waals surface area contributed by atoms with Gasteiger partial charge in [-0.2, -0.15) is 13.2 Å². The zero-order valence-corrected chi connectivity index (χ0v) is 15.8. The van der Waals surface area contributed by atoms with Gasteiger partial charge in [0.1, 0.15) is 0 Å². The maximum absolute atomic E-state index is 12.9. The number of halogens is 5. The summed E-state index contributed by atoms with van der Waals surface area (Å²) in [5, 5.41) is 1.43. The van der Waals surface area contributed by atoms with Crippen LogP contribution >= 0.6 is 35.0 Å². The number of benzene rings is 2. The molecular weight excluding hydrogens is 406 g/mol. The lowest BCUT2D eigenvalue weighted by atomic mass is 10.0. The van der Waals surface area contributed by atoms with Crippen LogP contribution < -0.4 is 10.9 Å². The molecule has 1 heterocycles. The highest BCUT2D eigenvalue weighted by molar-refractivity contribution is 8.15. The fraction of sp³-hybridized carbons (Fsp3) is 0.235. The van der Waals surface area contributed by atoms with E-state index in [1.165, 1.54) is 23.9 Å². The molecule has 138 valence electrons. The summed E-state index contributed by atoms with van der Waals surface area (Å²) in [7, 11) is 0. The molecule has 0 aromatic heterocycles. The van der Waals surface area contributed by atoms with Crippen LogP contribution in [0.4, 0.5) is 18.9 Å². The van der Waals surface area contributed by atoms with E-state index in [9.17, 15) is 13.2 Å². The molecule has 3 rings (SSSR count). The zero-order chi connectivity index (χ0) is 18.9. The first kappa shape index (κ1) is 19.4. The Balaban J connectivity index is 1.74. The summed E-state index contributed by atoms with van der Waals surface area (Å²) < 4.78 is 38.6. The van der Waals surface area contributed by atoms with Crippen molar-refractivity contribution in [3.05, 3.63) is 63.6 Å². The van der Waals surface area contributed by atoms with E-state index in [1.54, 1.807) is 24.3 Å². The Hall–Kier alpha value is -1.41. The van der Waals surface area contributed by atoms with Crippen molar-refractivity contribution in [2.24, 2.45) is 4.99 Å². The summed E-state index contributed by atoms with van der Waals surface area (Å²) in [6, 6.07) is 10.3. The molecule has 0 radical (unpaired) electrons. The highest BCUT2D eigenvalue weighted by Crippen LogP contribution is 2.35. The third-order valence-electron chi connectivity index (χ3n) is 3.69. The Kier molecular flexibility index (Phi) is 5.44. The molecule has 26 heavy (non-hydrogen) atoms. The molecule has 0 saturated carbocycles. The van der Waals surface area contributed by atoms with Gasteiger partial charge >= 0.3 is 6.18 Å². The largest absolute Gasteiger partial charge is 0.416 e. The molecule has 1 saturated heterocycles. The minimum absolute atomic E-state index is 0.384. The molecule has 2 aromatic carbocycles. The van der Waals surface area contributed by atoms with Gasteiger partial charge in [-0.1, -0.05) is 53.2 Å². The molecule has 0 bridgehead atoms. The fourth-order valence-corrected chi connectivity index (χ4v) is 3.81. The predicted molar refractivity (Wildman–Crippen MR) is 101 cm³/mol. The molecule has 2 N–H and O–H groups in total. The van der Waals surface area contributed by atoms with Gasteiger partial charge < -0.3 is 0 Å². The minimum atomic E-state index is -4.36. The van der Waals surface area contributed by atoms with Crippen molar-refractivity contribution in [3.8, 4) is 0 Å². The van der Waals surface area contributed by atoms with Crippen LogP contribution in [0.3, 0.4) is 0 Å². The van der Waals surface area contributed by atoms with E-state index in [0.29, 0.717) is 32.9 Å². The first-order chi connectivity index (χ1) is 12.1. The van der Waals surface area contributed by atoms with Gasteiger partial charge in [0.15, 0.2) is 5.17 Å². The highest BCUT2D eigenvalue weighted by Gasteiger charge is 2.35. The first-order valence-corrected chi connectivity index (χ1v) is 9.14. The van der Waals surface area contributed by atoms with Gasteiger partial charge in [-0.15, -0.1) is 0 Å². The van der Waals surface area contributed by atoms with Crippen molar-refractivity contribution in [1.82, 2.24) is 10.9 Å². The fourth-order valence-electron chi connectivity index (χ4n) is 2.50. The lowest BCUT2D eigenvalue weighted by Gasteiger charge is -2.21. The second kappa shape index (κ2) is 7.31. The molecule has 1 atom stereocenters. The minimum Gasteiger partial charge on any atom is -0.299 e.